The van der Waals surface area contributed by atoms with Crippen molar-refractivity contribution in [3.63, 3.8) is 0 Å². The van der Waals surface area contributed by atoms with E-state index >= 15 is 0 Å². The predicted molar refractivity (Wildman–Crippen MR) is 112 cm³/mol. The molecule has 162 valence electrons. The number of hydrogen-bond acceptors (Lipinski definition) is 4. The number of pyridine rings is 1. The smallest absolute Gasteiger partial charge is 0.253 e. The van der Waals surface area contributed by atoms with E-state index in [1.807, 2.05) is 0 Å². The summed E-state index contributed by atoms with van der Waals surface area (Å²) in [4.78, 5) is 40.9. The van der Waals surface area contributed by atoms with Crippen molar-refractivity contribution in [1.29, 1.82) is 0 Å². The van der Waals surface area contributed by atoms with E-state index in [0.717, 1.165) is 0 Å². The first-order valence-corrected chi connectivity index (χ1v) is 10.6. The van der Waals surface area contributed by atoms with Gasteiger partial charge in [-0.05, 0) is 56.4 Å². The van der Waals surface area contributed by atoms with Crippen LogP contribution in [0.2, 0.25) is 0 Å². The number of aromatic nitrogens is 1. The average molecular weight is 424 g/mol. The highest BCUT2D eigenvalue weighted by atomic mass is 19.1. The van der Waals surface area contributed by atoms with Crippen LogP contribution in [0.15, 0.2) is 42.6 Å². The number of nitrogens with zero attached hydrogens (tertiary/aromatic N) is 1. The minimum atomic E-state index is -0.423. The summed E-state index contributed by atoms with van der Waals surface area (Å²) in [6.45, 7) is 0.598. The third-order valence-electron chi connectivity index (χ3n) is 5.94. The fraction of sp³-hybridized carbons (Fsp3) is 0.391. The maximum Gasteiger partial charge on any atom is 0.253 e. The van der Waals surface area contributed by atoms with Crippen LogP contribution in [0.3, 0.4) is 0 Å². The molecule has 31 heavy (non-hydrogen) atoms. The van der Waals surface area contributed by atoms with Gasteiger partial charge in [0.1, 0.15) is 11.9 Å². The molecule has 4 rings (SSSR count). The Morgan fingerprint density at radius 2 is 1.84 bits per heavy atom. The normalized spacial score (nSPS) is 23.1. The summed E-state index contributed by atoms with van der Waals surface area (Å²) in [5.74, 6) is -0.880. The number of amides is 3. The van der Waals surface area contributed by atoms with Crippen molar-refractivity contribution in [2.75, 3.05) is 6.54 Å². The SMILES string of the molecule is O=C(N[C@H]1CC[C@H](C(=O)N[C@@H]2CCNC2=O)CC1)c1ccc(-c2cccc(F)c2)nc1. The summed E-state index contributed by atoms with van der Waals surface area (Å²) in [5.41, 5.74) is 1.68. The molecule has 1 aliphatic carbocycles. The molecule has 8 heteroatoms. The van der Waals surface area contributed by atoms with Crippen LogP contribution >= 0.6 is 0 Å². The molecule has 7 nitrogen and oxygen atoms in total. The number of halogens is 1. The van der Waals surface area contributed by atoms with E-state index in [0.29, 0.717) is 55.5 Å². The molecule has 2 heterocycles. The second-order valence-corrected chi connectivity index (χ2v) is 8.11. The van der Waals surface area contributed by atoms with Gasteiger partial charge in [-0.25, -0.2) is 4.39 Å². The molecule has 1 aliphatic heterocycles. The summed E-state index contributed by atoms with van der Waals surface area (Å²) < 4.78 is 13.4. The Morgan fingerprint density at radius 1 is 1.03 bits per heavy atom. The van der Waals surface area contributed by atoms with Crippen molar-refractivity contribution >= 4 is 17.7 Å². The van der Waals surface area contributed by atoms with Crippen LogP contribution in [0.25, 0.3) is 11.3 Å². The number of benzene rings is 1. The molecule has 2 fully saturated rings. The van der Waals surface area contributed by atoms with Crippen LogP contribution in [0.5, 0.6) is 0 Å². The highest BCUT2D eigenvalue weighted by molar-refractivity contribution is 5.94. The molecule has 3 N–H and O–H groups in total. The summed E-state index contributed by atoms with van der Waals surface area (Å²) in [6, 6.07) is 9.09. The largest absolute Gasteiger partial charge is 0.354 e. The van der Waals surface area contributed by atoms with Gasteiger partial charge in [0, 0.05) is 30.3 Å². The van der Waals surface area contributed by atoms with Gasteiger partial charge in [0.05, 0.1) is 11.3 Å². The van der Waals surface area contributed by atoms with Crippen molar-refractivity contribution in [2.24, 2.45) is 5.92 Å². The lowest BCUT2D eigenvalue weighted by atomic mass is 9.85. The summed E-state index contributed by atoms with van der Waals surface area (Å²) in [5, 5.41) is 8.55. The van der Waals surface area contributed by atoms with Crippen molar-refractivity contribution in [3.05, 3.63) is 54.0 Å². The molecule has 1 atom stereocenters. The van der Waals surface area contributed by atoms with E-state index in [1.54, 1.807) is 24.3 Å². The molecule has 2 aromatic rings. The van der Waals surface area contributed by atoms with E-state index < -0.39 is 6.04 Å². The Kier molecular flexibility index (Phi) is 6.25. The van der Waals surface area contributed by atoms with E-state index in [4.69, 9.17) is 0 Å². The zero-order valence-electron chi connectivity index (χ0n) is 17.1. The molecule has 1 aromatic carbocycles. The lowest BCUT2D eigenvalue weighted by Gasteiger charge is -2.29. The van der Waals surface area contributed by atoms with Crippen LogP contribution < -0.4 is 16.0 Å². The number of hydrogen-bond donors (Lipinski definition) is 3. The lowest BCUT2D eigenvalue weighted by molar-refractivity contribution is -0.130. The van der Waals surface area contributed by atoms with E-state index in [2.05, 4.69) is 20.9 Å². The Labute approximate surface area is 179 Å². The number of carbonyl (C=O) groups excluding carboxylic acids is 3. The monoisotopic (exact) mass is 424 g/mol. The van der Waals surface area contributed by atoms with Crippen molar-refractivity contribution in [3.8, 4) is 11.3 Å². The average Bonchev–Trinajstić information content (AvgIpc) is 3.18. The second-order valence-electron chi connectivity index (χ2n) is 8.11. The molecule has 1 saturated carbocycles. The number of rotatable bonds is 5. The van der Waals surface area contributed by atoms with E-state index in [1.165, 1.54) is 18.3 Å². The van der Waals surface area contributed by atoms with Crippen LogP contribution in [-0.4, -0.2) is 41.3 Å². The minimum absolute atomic E-state index is 0.00535. The first-order valence-electron chi connectivity index (χ1n) is 10.6. The summed E-state index contributed by atoms with van der Waals surface area (Å²) in [7, 11) is 0. The molecule has 0 bridgehead atoms. The minimum Gasteiger partial charge on any atom is -0.354 e. The highest BCUT2D eigenvalue weighted by Gasteiger charge is 2.31. The van der Waals surface area contributed by atoms with Crippen molar-refractivity contribution in [1.82, 2.24) is 20.9 Å². The van der Waals surface area contributed by atoms with E-state index in [9.17, 15) is 18.8 Å². The fourth-order valence-corrected chi connectivity index (χ4v) is 4.14. The molecule has 3 amide bonds. The van der Waals surface area contributed by atoms with Crippen LogP contribution in [0.1, 0.15) is 42.5 Å². The predicted octanol–water partition coefficient (Wildman–Crippen LogP) is 2.18. The topological polar surface area (TPSA) is 100 Å². The summed E-state index contributed by atoms with van der Waals surface area (Å²) in [6.07, 6.45) is 4.86. The molecule has 0 unspecified atom stereocenters. The first kappa shape index (κ1) is 21.0. The van der Waals surface area contributed by atoms with Gasteiger partial charge in [-0.15, -0.1) is 0 Å². The third kappa shape index (κ3) is 5.07. The van der Waals surface area contributed by atoms with Gasteiger partial charge in [-0.1, -0.05) is 12.1 Å². The van der Waals surface area contributed by atoms with Gasteiger partial charge in [0.25, 0.3) is 5.91 Å². The standard InChI is InChI=1S/C23H25FN4O3/c24-17-3-1-2-15(12-17)19-9-6-16(13-26-19)22(30)27-18-7-4-14(5-8-18)21(29)28-20-10-11-25-23(20)31/h1-3,6,9,12-14,18,20H,4-5,7-8,10-11H2,(H,25,31)(H,27,30)(H,28,29)/t14-,18-,20-/m1/s1. The second kappa shape index (κ2) is 9.24. The molecule has 1 aromatic heterocycles. The van der Waals surface area contributed by atoms with Gasteiger partial charge in [0.15, 0.2) is 0 Å². The van der Waals surface area contributed by atoms with Crippen LogP contribution in [-0.2, 0) is 9.59 Å². The number of nitrogens with one attached hydrogen (secondary N) is 3. The van der Waals surface area contributed by atoms with Gasteiger partial charge in [-0.3, -0.25) is 19.4 Å². The Hall–Kier alpha value is -3.29. The van der Waals surface area contributed by atoms with Crippen LogP contribution in [0.4, 0.5) is 4.39 Å². The van der Waals surface area contributed by atoms with E-state index in [-0.39, 0.29) is 35.5 Å². The quantitative estimate of drug-likeness (QED) is 0.685. The van der Waals surface area contributed by atoms with Crippen molar-refractivity contribution < 1.29 is 18.8 Å². The maximum absolute atomic E-state index is 13.4. The Morgan fingerprint density at radius 3 is 2.48 bits per heavy atom. The zero-order valence-corrected chi connectivity index (χ0v) is 17.1. The lowest BCUT2D eigenvalue weighted by Crippen LogP contribution is -2.45. The Bertz CT molecular complexity index is 971. The fourth-order valence-electron chi connectivity index (χ4n) is 4.14. The molecule has 0 spiro atoms. The first-order chi connectivity index (χ1) is 15.0. The number of carbonyl (C=O) groups is 3. The van der Waals surface area contributed by atoms with Crippen molar-refractivity contribution in [2.45, 2.75) is 44.2 Å². The molecule has 1 saturated heterocycles. The maximum atomic E-state index is 13.4. The van der Waals surface area contributed by atoms with Crippen LogP contribution in [0, 0.1) is 11.7 Å². The van der Waals surface area contributed by atoms with Gasteiger partial charge in [-0.2, -0.15) is 0 Å². The zero-order chi connectivity index (χ0) is 21.8. The third-order valence-corrected chi connectivity index (χ3v) is 5.94. The molecule has 0 radical (unpaired) electrons. The molecule has 2 aliphatic rings. The van der Waals surface area contributed by atoms with Gasteiger partial charge in [0.2, 0.25) is 11.8 Å². The highest BCUT2D eigenvalue weighted by Crippen LogP contribution is 2.25. The summed E-state index contributed by atoms with van der Waals surface area (Å²) >= 11 is 0. The van der Waals surface area contributed by atoms with Gasteiger partial charge < -0.3 is 16.0 Å². The van der Waals surface area contributed by atoms with Gasteiger partial charge >= 0.3 is 0 Å². The Balaban J connectivity index is 1.27. The molecular weight excluding hydrogens is 399 g/mol. The molecular formula is C23H25FN4O3.